The lowest BCUT2D eigenvalue weighted by molar-refractivity contribution is -0.116. The summed E-state index contributed by atoms with van der Waals surface area (Å²) in [5, 5.41) is 10.3. The van der Waals surface area contributed by atoms with Gasteiger partial charge in [0.25, 0.3) is 0 Å². The van der Waals surface area contributed by atoms with Gasteiger partial charge < -0.3 is 11.5 Å². The summed E-state index contributed by atoms with van der Waals surface area (Å²) in [6, 6.07) is 17.2. The number of hydrogen-bond acceptors (Lipinski definition) is 6. The fraction of sp³-hybridized carbons (Fsp3) is 0.160. The number of ketones is 1. The van der Waals surface area contributed by atoms with E-state index in [4.69, 9.17) is 23.1 Å². The number of benzene rings is 2. The van der Waals surface area contributed by atoms with Gasteiger partial charge in [0.05, 0.1) is 5.69 Å². The summed E-state index contributed by atoms with van der Waals surface area (Å²) in [4.78, 5) is 20.0. The lowest BCUT2D eigenvalue weighted by atomic mass is 9.74. The zero-order valence-electron chi connectivity index (χ0n) is 17.5. The zero-order valence-corrected chi connectivity index (χ0v) is 19.8. The van der Waals surface area contributed by atoms with E-state index in [1.54, 1.807) is 12.1 Å². The van der Waals surface area contributed by atoms with Gasteiger partial charge in [-0.15, -0.1) is 0 Å². The standard InChI is InChI=1S/C25H19BrClN5O/c26-14-6-4-13(5-7-14)20-21-18(2-1-3-19(21)33)32(16-10-8-15(27)9-11-16)25-22(20)23(29)17(12-28)24(30)31-25/h4-11,20H,1-3H2,(H4,29,30,31). The van der Waals surface area contributed by atoms with Crippen LogP contribution in [-0.2, 0) is 4.79 Å². The number of Topliss-reactive ketones (excluding diaryl/α,β-unsaturated/α-hetero) is 1. The molecule has 0 amide bonds. The number of allylic oxidation sites excluding steroid dienone is 2. The minimum absolute atomic E-state index is 0.0634. The molecule has 0 spiro atoms. The number of hydrogen-bond donors (Lipinski definition) is 2. The van der Waals surface area contributed by atoms with Crippen molar-refractivity contribution >= 4 is 56.3 Å². The van der Waals surface area contributed by atoms with E-state index in [1.165, 1.54) is 0 Å². The van der Waals surface area contributed by atoms with Crippen LogP contribution in [0.4, 0.5) is 23.0 Å². The van der Waals surface area contributed by atoms with Crippen LogP contribution >= 0.6 is 27.5 Å². The Kier molecular flexibility index (Phi) is 5.35. The lowest BCUT2D eigenvalue weighted by Crippen LogP contribution is -2.34. The lowest BCUT2D eigenvalue weighted by Gasteiger charge is -2.41. The van der Waals surface area contributed by atoms with Crippen LogP contribution in [-0.4, -0.2) is 10.8 Å². The Bertz CT molecular complexity index is 1360. The average molecular weight is 521 g/mol. The Hall–Kier alpha value is -3.34. The molecule has 0 saturated heterocycles. The van der Waals surface area contributed by atoms with E-state index >= 15 is 0 Å². The molecule has 1 unspecified atom stereocenters. The van der Waals surface area contributed by atoms with Gasteiger partial charge in [0.15, 0.2) is 5.78 Å². The predicted molar refractivity (Wildman–Crippen MR) is 133 cm³/mol. The van der Waals surface area contributed by atoms with Gasteiger partial charge in [-0.3, -0.25) is 9.69 Å². The number of nitrogens with zero attached hydrogens (tertiary/aromatic N) is 3. The van der Waals surface area contributed by atoms with Crippen molar-refractivity contribution in [3.05, 3.63) is 86.0 Å². The second kappa shape index (κ2) is 8.22. The second-order valence-corrected chi connectivity index (χ2v) is 9.42. The molecule has 3 aromatic rings. The number of pyridine rings is 1. The van der Waals surface area contributed by atoms with Crippen LogP contribution in [0.25, 0.3) is 0 Å². The van der Waals surface area contributed by atoms with Gasteiger partial charge in [-0.2, -0.15) is 5.26 Å². The van der Waals surface area contributed by atoms with E-state index in [2.05, 4.69) is 27.0 Å². The highest BCUT2D eigenvalue weighted by Crippen LogP contribution is 2.53. The number of nitrogen functional groups attached to an aromatic ring is 2. The quantitative estimate of drug-likeness (QED) is 0.440. The average Bonchev–Trinajstić information content (AvgIpc) is 2.80. The summed E-state index contributed by atoms with van der Waals surface area (Å²) in [6.07, 6.45) is 1.91. The molecule has 2 aromatic carbocycles. The topological polar surface area (TPSA) is 109 Å². The number of fused-ring (bicyclic) bond motifs is 1. The Morgan fingerprint density at radius 1 is 1.09 bits per heavy atom. The molecule has 4 N–H and O–H groups in total. The van der Waals surface area contributed by atoms with Crippen molar-refractivity contribution in [3.8, 4) is 6.07 Å². The second-order valence-electron chi connectivity index (χ2n) is 8.07. The number of carbonyl (C=O) groups excluding carboxylic acids is 1. The highest BCUT2D eigenvalue weighted by molar-refractivity contribution is 9.10. The van der Waals surface area contributed by atoms with Gasteiger partial charge in [-0.25, -0.2) is 4.98 Å². The first-order valence-corrected chi connectivity index (χ1v) is 11.6. The molecule has 6 nitrogen and oxygen atoms in total. The van der Waals surface area contributed by atoms with Crippen LogP contribution in [0.2, 0.25) is 5.02 Å². The molecule has 5 rings (SSSR count). The third-order valence-electron chi connectivity index (χ3n) is 6.17. The summed E-state index contributed by atoms with van der Waals surface area (Å²) in [5.74, 6) is 0.226. The predicted octanol–water partition coefficient (Wildman–Crippen LogP) is 5.82. The minimum Gasteiger partial charge on any atom is -0.397 e. The van der Waals surface area contributed by atoms with Crippen molar-refractivity contribution < 1.29 is 4.79 Å². The molecule has 0 bridgehead atoms. The number of aromatic nitrogens is 1. The van der Waals surface area contributed by atoms with E-state index in [0.29, 0.717) is 34.8 Å². The van der Waals surface area contributed by atoms with Gasteiger partial charge in [0.2, 0.25) is 0 Å². The molecule has 0 radical (unpaired) electrons. The maximum absolute atomic E-state index is 13.4. The number of anilines is 4. The molecule has 164 valence electrons. The normalized spacial score (nSPS) is 17.4. The number of rotatable bonds is 2. The molecular weight excluding hydrogens is 502 g/mol. The molecule has 0 saturated carbocycles. The monoisotopic (exact) mass is 519 g/mol. The van der Waals surface area contributed by atoms with Crippen molar-refractivity contribution in [1.29, 1.82) is 5.26 Å². The molecule has 1 aliphatic carbocycles. The van der Waals surface area contributed by atoms with E-state index in [-0.39, 0.29) is 22.9 Å². The maximum Gasteiger partial charge on any atom is 0.161 e. The van der Waals surface area contributed by atoms with Crippen molar-refractivity contribution in [3.63, 3.8) is 0 Å². The van der Waals surface area contributed by atoms with E-state index in [9.17, 15) is 10.1 Å². The first-order chi connectivity index (χ1) is 15.9. The van der Waals surface area contributed by atoms with Gasteiger partial charge in [-0.05, 0) is 54.8 Å². The van der Waals surface area contributed by atoms with Gasteiger partial charge in [-0.1, -0.05) is 39.7 Å². The van der Waals surface area contributed by atoms with Gasteiger partial charge in [0.1, 0.15) is 23.3 Å². The Labute approximate surface area is 204 Å². The number of halogens is 2. The SMILES string of the molecule is N#Cc1c(N)nc2c(c1N)C(c1ccc(Br)cc1)C1=C(CCCC1=O)N2c1ccc(Cl)cc1. The van der Waals surface area contributed by atoms with Crippen LogP contribution in [0, 0.1) is 11.3 Å². The van der Waals surface area contributed by atoms with Crippen molar-refractivity contribution in [2.45, 2.75) is 25.2 Å². The van der Waals surface area contributed by atoms with E-state index in [0.717, 1.165) is 27.8 Å². The molecule has 0 fully saturated rings. The number of carbonyl (C=O) groups is 1. The molecular formula is C25H19BrClN5O. The summed E-state index contributed by atoms with van der Waals surface area (Å²) in [7, 11) is 0. The number of nitriles is 1. The molecule has 1 aliphatic heterocycles. The van der Waals surface area contributed by atoms with Crippen molar-refractivity contribution in [2.75, 3.05) is 16.4 Å². The molecule has 8 heteroatoms. The molecule has 1 atom stereocenters. The van der Waals surface area contributed by atoms with Crippen molar-refractivity contribution in [2.24, 2.45) is 0 Å². The largest absolute Gasteiger partial charge is 0.397 e. The molecule has 33 heavy (non-hydrogen) atoms. The fourth-order valence-corrected chi connectivity index (χ4v) is 5.12. The van der Waals surface area contributed by atoms with Crippen LogP contribution in [0.1, 0.15) is 41.9 Å². The minimum atomic E-state index is -0.445. The summed E-state index contributed by atoms with van der Waals surface area (Å²) in [5.41, 5.74) is 17.0. The highest BCUT2D eigenvalue weighted by Gasteiger charge is 2.42. The smallest absolute Gasteiger partial charge is 0.161 e. The first-order valence-electron chi connectivity index (χ1n) is 10.5. The van der Waals surface area contributed by atoms with Crippen LogP contribution in [0.15, 0.2) is 64.3 Å². The van der Waals surface area contributed by atoms with Crippen LogP contribution in [0.5, 0.6) is 0 Å². The summed E-state index contributed by atoms with van der Waals surface area (Å²) < 4.78 is 0.926. The zero-order chi connectivity index (χ0) is 23.3. The van der Waals surface area contributed by atoms with Crippen LogP contribution < -0.4 is 16.4 Å². The van der Waals surface area contributed by atoms with Crippen molar-refractivity contribution in [1.82, 2.24) is 4.98 Å². The van der Waals surface area contributed by atoms with Crippen LogP contribution in [0.3, 0.4) is 0 Å². The summed E-state index contributed by atoms with van der Waals surface area (Å²) in [6.45, 7) is 0. The molecule has 1 aromatic heterocycles. The third-order valence-corrected chi connectivity index (χ3v) is 6.95. The fourth-order valence-electron chi connectivity index (χ4n) is 4.73. The molecule has 2 aliphatic rings. The van der Waals surface area contributed by atoms with E-state index in [1.807, 2.05) is 41.3 Å². The first kappa shape index (κ1) is 21.5. The maximum atomic E-state index is 13.4. The Morgan fingerprint density at radius 3 is 2.45 bits per heavy atom. The van der Waals surface area contributed by atoms with E-state index < -0.39 is 5.92 Å². The highest BCUT2D eigenvalue weighted by atomic mass is 79.9. The Balaban J connectivity index is 1.88. The Morgan fingerprint density at radius 2 is 1.79 bits per heavy atom. The molecule has 2 heterocycles. The summed E-state index contributed by atoms with van der Waals surface area (Å²) >= 11 is 9.62. The third kappa shape index (κ3) is 3.47. The number of nitrogens with two attached hydrogens (primary N) is 2. The van der Waals surface area contributed by atoms with Gasteiger partial charge >= 0.3 is 0 Å². The van der Waals surface area contributed by atoms with Gasteiger partial charge in [0, 0.05) is 44.4 Å².